The Morgan fingerprint density at radius 2 is 1.95 bits per heavy atom. The van der Waals surface area contributed by atoms with Crippen molar-refractivity contribution < 1.29 is 23.4 Å². The van der Waals surface area contributed by atoms with Crippen molar-refractivity contribution >= 4 is 5.91 Å². The molecule has 0 saturated carbocycles. The van der Waals surface area contributed by atoms with E-state index in [1.54, 1.807) is 0 Å². The van der Waals surface area contributed by atoms with Gasteiger partial charge in [0, 0.05) is 12.1 Å². The molecular formula is C12H24F2N2O3. The van der Waals surface area contributed by atoms with E-state index in [4.69, 9.17) is 9.84 Å². The quantitative estimate of drug-likeness (QED) is 0.539. The van der Waals surface area contributed by atoms with Crippen LogP contribution in [0.5, 0.6) is 0 Å². The van der Waals surface area contributed by atoms with Crippen LogP contribution in [-0.4, -0.2) is 55.4 Å². The van der Waals surface area contributed by atoms with Gasteiger partial charge in [-0.2, -0.15) is 0 Å². The Hall–Kier alpha value is -0.790. The first-order chi connectivity index (χ1) is 8.66. The third kappa shape index (κ3) is 12.0. The molecule has 5 nitrogen and oxygen atoms in total. The summed E-state index contributed by atoms with van der Waals surface area (Å²) in [7, 11) is 0. The number of amides is 1. The Bertz CT molecular complexity index is 268. The average Bonchev–Trinajstić information content (AvgIpc) is 2.29. The van der Waals surface area contributed by atoms with E-state index >= 15 is 0 Å². The van der Waals surface area contributed by atoms with Crippen LogP contribution in [0.15, 0.2) is 0 Å². The first kappa shape index (κ1) is 18.2. The zero-order chi connectivity index (χ0) is 14.9. The normalized spacial score (nSPS) is 12.5. The molecule has 0 saturated heterocycles. The van der Waals surface area contributed by atoms with Crippen LogP contribution in [0.25, 0.3) is 0 Å². The van der Waals surface area contributed by atoms with Gasteiger partial charge < -0.3 is 20.5 Å². The molecule has 0 unspecified atom stereocenters. The second kappa shape index (κ2) is 8.39. The highest BCUT2D eigenvalue weighted by molar-refractivity contribution is 5.76. The first-order valence-corrected chi connectivity index (χ1v) is 6.24. The number of carbonyl (C=O) groups is 1. The van der Waals surface area contributed by atoms with E-state index in [2.05, 4.69) is 5.32 Å². The number of ether oxygens (including phenoxy) is 1. The van der Waals surface area contributed by atoms with Crippen LogP contribution < -0.4 is 10.6 Å². The minimum absolute atomic E-state index is 0.00147. The second-order valence-corrected chi connectivity index (χ2v) is 5.37. The van der Waals surface area contributed by atoms with Crippen molar-refractivity contribution in [2.75, 3.05) is 32.9 Å². The molecular weight excluding hydrogens is 258 g/mol. The Balaban J connectivity index is 3.61. The molecule has 0 aliphatic heterocycles. The number of hydrogen-bond donors (Lipinski definition) is 3. The number of halogens is 2. The van der Waals surface area contributed by atoms with Gasteiger partial charge in [-0.05, 0) is 33.7 Å². The number of alkyl halides is 2. The number of aliphatic hydroxyl groups excluding tert-OH is 1. The molecule has 0 bridgehead atoms. The highest BCUT2D eigenvalue weighted by Crippen LogP contribution is 2.12. The lowest BCUT2D eigenvalue weighted by Gasteiger charge is -2.21. The summed E-state index contributed by atoms with van der Waals surface area (Å²) in [6.45, 7) is 4.61. The topological polar surface area (TPSA) is 70.6 Å². The van der Waals surface area contributed by atoms with E-state index in [0.29, 0.717) is 13.0 Å². The standard InChI is InChI=1S/C12H24F2N2O3/c1-11(2,3)16-5-4-6-19-9-12(13,14)8-15-10(18)7-17/h16-17H,4-9H2,1-3H3,(H,15,18). The summed E-state index contributed by atoms with van der Waals surface area (Å²) in [5.41, 5.74) is -0.00147. The Morgan fingerprint density at radius 1 is 1.32 bits per heavy atom. The molecule has 0 fully saturated rings. The molecule has 114 valence electrons. The highest BCUT2D eigenvalue weighted by Gasteiger charge is 2.29. The van der Waals surface area contributed by atoms with Crippen LogP contribution >= 0.6 is 0 Å². The molecule has 0 aromatic heterocycles. The third-order valence-corrected chi connectivity index (χ3v) is 2.12. The molecule has 1 amide bonds. The van der Waals surface area contributed by atoms with Gasteiger partial charge in [-0.3, -0.25) is 4.79 Å². The van der Waals surface area contributed by atoms with Crippen molar-refractivity contribution in [3.63, 3.8) is 0 Å². The Kier molecular flexibility index (Phi) is 8.05. The lowest BCUT2D eigenvalue weighted by atomic mass is 10.1. The molecule has 0 spiro atoms. The molecule has 7 heteroatoms. The van der Waals surface area contributed by atoms with Crippen molar-refractivity contribution in [1.29, 1.82) is 0 Å². The summed E-state index contributed by atoms with van der Waals surface area (Å²) in [4.78, 5) is 10.6. The van der Waals surface area contributed by atoms with E-state index in [1.165, 1.54) is 0 Å². The Labute approximate surface area is 112 Å². The van der Waals surface area contributed by atoms with Gasteiger partial charge in [-0.25, -0.2) is 8.78 Å². The van der Waals surface area contributed by atoms with E-state index in [-0.39, 0.29) is 12.1 Å². The van der Waals surface area contributed by atoms with Gasteiger partial charge in [-0.15, -0.1) is 0 Å². The van der Waals surface area contributed by atoms with E-state index in [1.807, 2.05) is 26.1 Å². The summed E-state index contributed by atoms with van der Waals surface area (Å²) in [6, 6.07) is 0. The van der Waals surface area contributed by atoms with Crippen LogP contribution in [0.4, 0.5) is 8.78 Å². The molecule has 19 heavy (non-hydrogen) atoms. The number of aliphatic hydroxyl groups is 1. The summed E-state index contributed by atoms with van der Waals surface area (Å²) >= 11 is 0. The van der Waals surface area contributed by atoms with Gasteiger partial charge in [0.25, 0.3) is 5.92 Å². The van der Waals surface area contributed by atoms with Gasteiger partial charge in [0.2, 0.25) is 5.91 Å². The summed E-state index contributed by atoms with van der Waals surface area (Å²) < 4.78 is 31.2. The minimum Gasteiger partial charge on any atom is -0.387 e. The molecule has 0 atom stereocenters. The van der Waals surface area contributed by atoms with Gasteiger partial charge in [0.15, 0.2) is 0 Å². The molecule has 0 rings (SSSR count). The van der Waals surface area contributed by atoms with Crippen molar-refractivity contribution in [3.8, 4) is 0 Å². The predicted octanol–water partition coefficient (Wildman–Crippen LogP) is 0.525. The maximum absolute atomic E-state index is 13.2. The first-order valence-electron chi connectivity index (χ1n) is 6.24. The average molecular weight is 282 g/mol. The molecule has 0 aliphatic carbocycles. The van der Waals surface area contributed by atoms with Crippen LogP contribution in [0.1, 0.15) is 27.2 Å². The smallest absolute Gasteiger partial charge is 0.287 e. The summed E-state index contributed by atoms with van der Waals surface area (Å²) in [6.07, 6.45) is 0.635. The van der Waals surface area contributed by atoms with Gasteiger partial charge in [-0.1, -0.05) is 0 Å². The van der Waals surface area contributed by atoms with E-state index in [9.17, 15) is 13.6 Å². The molecule has 0 aliphatic rings. The predicted molar refractivity (Wildman–Crippen MR) is 68.2 cm³/mol. The largest absolute Gasteiger partial charge is 0.387 e. The molecule has 0 heterocycles. The van der Waals surface area contributed by atoms with Gasteiger partial charge in [0.1, 0.15) is 13.2 Å². The number of nitrogens with one attached hydrogen (secondary N) is 2. The SMILES string of the molecule is CC(C)(C)NCCCOCC(F)(F)CNC(=O)CO. The number of carbonyl (C=O) groups excluding carboxylic acids is 1. The van der Waals surface area contributed by atoms with Crippen LogP contribution in [0.3, 0.4) is 0 Å². The van der Waals surface area contributed by atoms with Gasteiger partial charge in [0.05, 0.1) is 6.54 Å². The highest BCUT2D eigenvalue weighted by atomic mass is 19.3. The second-order valence-electron chi connectivity index (χ2n) is 5.37. The summed E-state index contributed by atoms with van der Waals surface area (Å²) in [5, 5.41) is 13.5. The Morgan fingerprint density at radius 3 is 2.47 bits per heavy atom. The van der Waals surface area contributed by atoms with E-state index < -0.39 is 31.6 Å². The van der Waals surface area contributed by atoms with Crippen molar-refractivity contribution in [3.05, 3.63) is 0 Å². The maximum Gasteiger partial charge on any atom is 0.287 e. The van der Waals surface area contributed by atoms with Crippen LogP contribution in [0, 0.1) is 0 Å². The van der Waals surface area contributed by atoms with Crippen molar-refractivity contribution in [2.24, 2.45) is 0 Å². The van der Waals surface area contributed by atoms with Gasteiger partial charge >= 0.3 is 0 Å². The number of rotatable bonds is 9. The number of hydrogen-bond acceptors (Lipinski definition) is 4. The zero-order valence-corrected chi connectivity index (χ0v) is 11.8. The van der Waals surface area contributed by atoms with E-state index in [0.717, 1.165) is 0 Å². The summed E-state index contributed by atoms with van der Waals surface area (Å²) in [5.74, 6) is -3.95. The van der Waals surface area contributed by atoms with Crippen LogP contribution in [-0.2, 0) is 9.53 Å². The monoisotopic (exact) mass is 282 g/mol. The minimum atomic E-state index is -3.12. The van der Waals surface area contributed by atoms with Crippen molar-refractivity contribution in [1.82, 2.24) is 10.6 Å². The fourth-order valence-corrected chi connectivity index (χ4v) is 1.19. The molecule has 3 N–H and O–H groups in total. The molecule has 0 aromatic rings. The van der Waals surface area contributed by atoms with Crippen LogP contribution in [0.2, 0.25) is 0 Å². The lowest BCUT2D eigenvalue weighted by Crippen LogP contribution is -2.41. The lowest BCUT2D eigenvalue weighted by molar-refractivity contribution is -0.127. The fraction of sp³-hybridized carbons (Fsp3) is 0.917. The zero-order valence-electron chi connectivity index (χ0n) is 11.8. The third-order valence-electron chi connectivity index (χ3n) is 2.12. The molecule has 0 aromatic carbocycles. The van der Waals surface area contributed by atoms with Crippen molar-refractivity contribution in [2.45, 2.75) is 38.7 Å². The maximum atomic E-state index is 13.2. The fourth-order valence-electron chi connectivity index (χ4n) is 1.19. The molecule has 0 radical (unpaired) electrons.